The summed E-state index contributed by atoms with van der Waals surface area (Å²) in [6, 6.07) is 0. The van der Waals surface area contributed by atoms with Gasteiger partial charge in [-0.05, 0) is 65.9 Å². The second kappa shape index (κ2) is 9.84. The first-order valence-corrected chi connectivity index (χ1v) is 8.44. The molecule has 0 fully saturated rings. The molecule has 3 heteroatoms. The maximum Gasteiger partial charge on any atom is 0.158 e. The number of hydrogen-bond donors (Lipinski definition) is 2. The first-order valence-electron chi connectivity index (χ1n) is 8.44. The highest BCUT2D eigenvalue weighted by Crippen LogP contribution is 2.17. The van der Waals surface area contributed by atoms with Gasteiger partial charge in [-0.3, -0.25) is 4.79 Å². The highest BCUT2D eigenvalue weighted by atomic mass is 16.3. The maximum absolute atomic E-state index is 11.9. The van der Waals surface area contributed by atoms with Crippen LogP contribution in [0.25, 0.3) is 0 Å². The van der Waals surface area contributed by atoms with Crippen LogP contribution in [-0.2, 0) is 4.79 Å². The fourth-order valence-electron chi connectivity index (χ4n) is 2.09. The molecule has 0 aromatic rings. The number of carbonyl (C=O) groups is 1. The van der Waals surface area contributed by atoms with Crippen LogP contribution in [0.15, 0.2) is 36.5 Å². The third-order valence-electron chi connectivity index (χ3n) is 3.93. The summed E-state index contributed by atoms with van der Waals surface area (Å²) >= 11 is 0. The molecule has 0 heterocycles. The van der Waals surface area contributed by atoms with Gasteiger partial charge in [-0.1, -0.05) is 30.7 Å². The molecule has 0 aliphatic heterocycles. The van der Waals surface area contributed by atoms with E-state index in [1.54, 1.807) is 32.9 Å². The normalized spacial score (nSPS) is 17.1. The molecule has 0 saturated heterocycles. The van der Waals surface area contributed by atoms with Crippen molar-refractivity contribution in [1.29, 1.82) is 0 Å². The smallest absolute Gasteiger partial charge is 0.158 e. The van der Waals surface area contributed by atoms with Gasteiger partial charge >= 0.3 is 0 Å². The molecule has 0 spiro atoms. The van der Waals surface area contributed by atoms with E-state index in [0.717, 1.165) is 25.7 Å². The van der Waals surface area contributed by atoms with Gasteiger partial charge in [0, 0.05) is 5.92 Å². The molecule has 2 atom stereocenters. The molecule has 2 N–H and O–H groups in total. The molecule has 0 radical (unpaired) electrons. The number of allylic oxidation sites excluding steroid dienone is 3. The summed E-state index contributed by atoms with van der Waals surface area (Å²) in [5.74, 6) is 0.0405. The van der Waals surface area contributed by atoms with Crippen LogP contribution in [0.1, 0.15) is 66.7 Å². The van der Waals surface area contributed by atoms with Gasteiger partial charge in [0.1, 0.15) is 0 Å². The zero-order chi connectivity index (χ0) is 18.1. The van der Waals surface area contributed by atoms with Gasteiger partial charge in [-0.25, -0.2) is 0 Å². The fourth-order valence-corrected chi connectivity index (χ4v) is 2.09. The van der Waals surface area contributed by atoms with Gasteiger partial charge in [0.25, 0.3) is 0 Å². The minimum Gasteiger partial charge on any atom is -0.386 e. The van der Waals surface area contributed by atoms with E-state index in [2.05, 4.69) is 19.6 Å². The largest absolute Gasteiger partial charge is 0.386 e. The molecule has 0 aliphatic rings. The molecular formula is C20H34O3. The van der Waals surface area contributed by atoms with Gasteiger partial charge in [-0.2, -0.15) is 0 Å². The monoisotopic (exact) mass is 322 g/mol. The van der Waals surface area contributed by atoms with E-state index in [0.29, 0.717) is 6.42 Å². The maximum atomic E-state index is 11.9. The van der Waals surface area contributed by atoms with Crippen molar-refractivity contribution in [2.75, 3.05) is 0 Å². The fraction of sp³-hybridized carbons (Fsp3) is 0.650. The Labute approximate surface area is 141 Å². The van der Waals surface area contributed by atoms with Crippen molar-refractivity contribution in [3.05, 3.63) is 36.5 Å². The Morgan fingerprint density at radius 2 is 1.87 bits per heavy atom. The molecule has 0 rings (SSSR count). The third-order valence-corrected chi connectivity index (χ3v) is 3.93. The van der Waals surface area contributed by atoms with E-state index in [1.807, 2.05) is 6.92 Å². The lowest BCUT2D eigenvalue weighted by atomic mass is 9.95. The van der Waals surface area contributed by atoms with E-state index >= 15 is 0 Å². The van der Waals surface area contributed by atoms with Crippen molar-refractivity contribution in [2.45, 2.75) is 77.9 Å². The molecular weight excluding hydrogens is 288 g/mol. The van der Waals surface area contributed by atoms with Gasteiger partial charge in [0.15, 0.2) is 5.78 Å². The molecule has 0 amide bonds. The quantitative estimate of drug-likeness (QED) is 0.439. The van der Waals surface area contributed by atoms with E-state index in [4.69, 9.17) is 0 Å². The second-order valence-corrected chi connectivity index (χ2v) is 7.33. The van der Waals surface area contributed by atoms with Crippen molar-refractivity contribution in [1.82, 2.24) is 0 Å². The molecule has 0 aliphatic carbocycles. The van der Waals surface area contributed by atoms with Gasteiger partial charge in [0.2, 0.25) is 0 Å². The Morgan fingerprint density at radius 3 is 2.39 bits per heavy atom. The van der Waals surface area contributed by atoms with Crippen LogP contribution in [0.5, 0.6) is 0 Å². The van der Waals surface area contributed by atoms with Crippen molar-refractivity contribution < 1.29 is 15.0 Å². The Morgan fingerprint density at radius 1 is 1.26 bits per heavy atom. The topological polar surface area (TPSA) is 57.5 Å². The Balaban J connectivity index is 4.11. The summed E-state index contributed by atoms with van der Waals surface area (Å²) in [5, 5.41) is 19.4. The predicted molar refractivity (Wildman–Crippen MR) is 97.3 cm³/mol. The minimum atomic E-state index is -0.943. The Hall–Kier alpha value is -1.19. The molecule has 0 aromatic heterocycles. The van der Waals surface area contributed by atoms with E-state index in [1.165, 1.54) is 11.6 Å². The van der Waals surface area contributed by atoms with Crippen LogP contribution in [0.4, 0.5) is 0 Å². The Bertz CT molecular complexity index is 436. The number of aliphatic hydroxyl groups is 2. The molecule has 0 unspecified atom stereocenters. The highest BCUT2D eigenvalue weighted by Gasteiger charge is 2.14. The summed E-state index contributed by atoms with van der Waals surface area (Å²) in [6.07, 6.45) is 11.0. The van der Waals surface area contributed by atoms with Crippen LogP contribution >= 0.6 is 0 Å². The zero-order valence-corrected chi connectivity index (χ0v) is 15.4. The molecule has 0 bridgehead atoms. The summed E-state index contributed by atoms with van der Waals surface area (Å²) in [4.78, 5) is 11.9. The molecule has 0 saturated carbocycles. The highest BCUT2D eigenvalue weighted by molar-refractivity contribution is 5.91. The van der Waals surface area contributed by atoms with Crippen molar-refractivity contribution in [3.8, 4) is 0 Å². The van der Waals surface area contributed by atoms with Crippen LogP contribution in [0, 0.1) is 5.92 Å². The lowest BCUT2D eigenvalue weighted by Gasteiger charge is -2.17. The second-order valence-electron chi connectivity index (χ2n) is 7.33. The molecule has 23 heavy (non-hydrogen) atoms. The Kier molecular flexibility index (Phi) is 9.33. The van der Waals surface area contributed by atoms with Gasteiger partial charge in [-0.15, -0.1) is 6.58 Å². The summed E-state index contributed by atoms with van der Waals surface area (Å²) in [6.45, 7) is 12.7. The first kappa shape index (κ1) is 21.8. The van der Waals surface area contributed by atoms with Crippen LogP contribution < -0.4 is 0 Å². The minimum absolute atomic E-state index is 0.0251. The van der Waals surface area contributed by atoms with Crippen LogP contribution in [-0.4, -0.2) is 27.2 Å². The summed E-state index contributed by atoms with van der Waals surface area (Å²) < 4.78 is 0. The molecule has 0 aromatic carbocycles. The number of hydrogen-bond acceptors (Lipinski definition) is 3. The summed E-state index contributed by atoms with van der Waals surface area (Å²) in [7, 11) is 0. The standard InChI is InChI=1S/C20H34O3/c1-7-20(6,23)14-9-11-16(2)10-8-12-17(3)18(21)13-15-19(4,5)22/h7,11,13,15,17,22-23H,1,8-10,12,14H2,2-6H3/b15-13+,16-11+/t17-,20+/m0/s1. The van der Waals surface area contributed by atoms with Crippen LogP contribution in [0.3, 0.4) is 0 Å². The zero-order valence-electron chi connectivity index (χ0n) is 15.4. The third kappa shape index (κ3) is 12.0. The molecule has 3 nitrogen and oxygen atoms in total. The average Bonchev–Trinajstić information content (AvgIpc) is 2.43. The lowest BCUT2D eigenvalue weighted by Crippen LogP contribution is -2.19. The van der Waals surface area contributed by atoms with Gasteiger partial charge < -0.3 is 10.2 Å². The predicted octanol–water partition coefficient (Wildman–Crippen LogP) is 4.35. The van der Waals surface area contributed by atoms with Crippen molar-refractivity contribution >= 4 is 5.78 Å². The van der Waals surface area contributed by atoms with Crippen molar-refractivity contribution in [3.63, 3.8) is 0 Å². The van der Waals surface area contributed by atoms with E-state index < -0.39 is 11.2 Å². The van der Waals surface area contributed by atoms with E-state index in [-0.39, 0.29) is 11.7 Å². The SMILES string of the molecule is C=C[C@@](C)(O)CC/C=C(\C)CCC[C@H](C)C(=O)/C=C/C(C)(C)O. The number of ketones is 1. The number of rotatable bonds is 11. The number of carbonyl (C=O) groups excluding carboxylic acids is 1. The molecule has 132 valence electrons. The lowest BCUT2D eigenvalue weighted by molar-refractivity contribution is -0.118. The van der Waals surface area contributed by atoms with Gasteiger partial charge in [0.05, 0.1) is 11.2 Å². The first-order chi connectivity index (χ1) is 10.5. The average molecular weight is 322 g/mol. The van der Waals surface area contributed by atoms with E-state index in [9.17, 15) is 15.0 Å². The van der Waals surface area contributed by atoms with Crippen molar-refractivity contribution in [2.24, 2.45) is 5.92 Å². The summed E-state index contributed by atoms with van der Waals surface area (Å²) in [5.41, 5.74) is -0.456. The van der Waals surface area contributed by atoms with Crippen LogP contribution in [0.2, 0.25) is 0 Å².